The molecule has 0 aliphatic carbocycles. The molecule has 1 rings (SSSR count). The number of rotatable bonds is 0. The van der Waals surface area contributed by atoms with E-state index in [1.165, 1.54) is 31.8 Å². The van der Waals surface area contributed by atoms with E-state index in [4.69, 9.17) is 0 Å². The van der Waals surface area contributed by atoms with Crippen LogP contribution in [-0.2, 0) is 0 Å². The van der Waals surface area contributed by atoms with Crippen molar-refractivity contribution >= 4 is 5.84 Å². The van der Waals surface area contributed by atoms with Crippen LogP contribution in [0.2, 0.25) is 0 Å². The summed E-state index contributed by atoms with van der Waals surface area (Å²) in [5, 5.41) is 0. The van der Waals surface area contributed by atoms with Gasteiger partial charge in [0.15, 0.2) is 0 Å². The van der Waals surface area contributed by atoms with Crippen LogP contribution in [0.15, 0.2) is 0 Å². The molecule has 0 spiro atoms. The van der Waals surface area contributed by atoms with Crippen LogP contribution in [-0.4, -0.2) is 42.5 Å². The fourth-order valence-electron chi connectivity index (χ4n) is 1.32. The lowest BCUT2D eigenvalue weighted by molar-refractivity contribution is -0.470. The minimum absolute atomic E-state index is 1.25. The van der Waals surface area contributed by atoms with Crippen LogP contribution in [0.4, 0.5) is 0 Å². The van der Waals surface area contributed by atoms with E-state index in [9.17, 15) is 0 Å². The third-order valence-electron chi connectivity index (χ3n) is 2.21. The van der Waals surface area contributed by atoms with E-state index in [1.807, 2.05) is 0 Å². The van der Waals surface area contributed by atoms with Crippen LogP contribution >= 0.6 is 0 Å². The van der Waals surface area contributed by atoms with Crippen molar-refractivity contribution in [2.24, 2.45) is 0 Å². The molecule has 0 radical (unpaired) electrons. The topological polar surface area (TPSA) is 6.25 Å². The standard InChI is InChI=1S/C8H17N2/c1-8(9(2)3)10-6-4-5-7-10/h4-7H2,1-3H3/q+1. The van der Waals surface area contributed by atoms with Crippen LogP contribution in [0.1, 0.15) is 19.8 Å². The van der Waals surface area contributed by atoms with Gasteiger partial charge in [-0.1, -0.05) is 0 Å². The molecule has 2 heteroatoms. The molecule has 1 saturated heterocycles. The second-order valence-corrected chi connectivity index (χ2v) is 3.14. The third-order valence-corrected chi connectivity index (χ3v) is 2.21. The maximum Gasteiger partial charge on any atom is 0.243 e. The van der Waals surface area contributed by atoms with E-state index in [0.29, 0.717) is 0 Å². The highest BCUT2D eigenvalue weighted by Gasteiger charge is 2.19. The Kier molecular flexibility index (Phi) is 2.30. The summed E-state index contributed by atoms with van der Waals surface area (Å²) in [6.45, 7) is 4.69. The predicted molar refractivity (Wildman–Crippen MR) is 43.6 cm³/mol. The minimum atomic E-state index is 1.25. The Morgan fingerprint density at radius 3 is 2.10 bits per heavy atom. The smallest absolute Gasteiger partial charge is 0.243 e. The first-order valence-electron chi connectivity index (χ1n) is 3.97. The Bertz CT molecular complexity index is 139. The van der Waals surface area contributed by atoms with Gasteiger partial charge in [0.05, 0.1) is 27.2 Å². The zero-order valence-corrected chi connectivity index (χ0v) is 7.22. The normalized spacial score (nSPS) is 17.7. The van der Waals surface area contributed by atoms with Crippen molar-refractivity contribution in [2.75, 3.05) is 27.2 Å². The zero-order valence-electron chi connectivity index (χ0n) is 7.22. The van der Waals surface area contributed by atoms with Gasteiger partial charge in [-0.3, -0.25) is 9.48 Å². The van der Waals surface area contributed by atoms with Crippen molar-refractivity contribution in [1.82, 2.24) is 4.90 Å². The molecule has 2 nitrogen and oxygen atoms in total. The Labute approximate surface area is 63.2 Å². The minimum Gasteiger partial charge on any atom is -0.271 e. The van der Waals surface area contributed by atoms with Gasteiger partial charge in [0.25, 0.3) is 0 Å². The van der Waals surface area contributed by atoms with Crippen LogP contribution in [0.25, 0.3) is 0 Å². The molecule has 0 amide bonds. The molecule has 0 aromatic rings. The van der Waals surface area contributed by atoms with Crippen LogP contribution in [0, 0.1) is 0 Å². The second-order valence-electron chi connectivity index (χ2n) is 3.14. The van der Waals surface area contributed by atoms with E-state index in [0.717, 1.165) is 0 Å². The van der Waals surface area contributed by atoms with Gasteiger partial charge in [0.1, 0.15) is 0 Å². The van der Waals surface area contributed by atoms with Crippen molar-refractivity contribution in [3.8, 4) is 0 Å². The van der Waals surface area contributed by atoms with Crippen LogP contribution in [0.3, 0.4) is 0 Å². The van der Waals surface area contributed by atoms with Crippen molar-refractivity contribution in [2.45, 2.75) is 19.8 Å². The molecule has 0 N–H and O–H groups in total. The number of hydrogen-bond acceptors (Lipinski definition) is 0. The Morgan fingerprint density at radius 2 is 1.70 bits per heavy atom. The summed E-state index contributed by atoms with van der Waals surface area (Å²) in [5.41, 5.74) is 0. The lowest BCUT2D eigenvalue weighted by Crippen LogP contribution is -2.31. The molecule has 1 fully saturated rings. The maximum absolute atomic E-state index is 2.44. The number of likely N-dealkylation sites (tertiary alicyclic amines) is 1. The quantitative estimate of drug-likeness (QED) is 0.274. The summed E-state index contributed by atoms with van der Waals surface area (Å²) in [5.74, 6) is 1.40. The number of nitrogens with zero attached hydrogens (tertiary/aromatic N) is 2. The average Bonchev–Trinajstić information content (AvgIpc) is 2.36. The molecule has 0 unspecified atom stereocenters. The molecule has 0 aromatic carbocycles. The van der Waals surface area contributed by atoms with E-state index < -0.39 is 0 Å². The van der Waals surface area contributed by atoms with Gasteiger partial charge in [-0.25, -0.2) is 0 Å². The highest BCUT2D eigenvalue weighted by atomic mass is 15.2. The largest absolute Gasteiger partial charge is 0.271 e. The molecular formula is C8H17N2+. The average molecular weight is 141 g/mol. The SMILES string of the molecule is CC(N1CCCC1)=[N+](C)C. The number of hydrogen-bond donors (Lipinski definition) is 0. The first kappa shape index (κ1) is 7.58. The summed E-state index contributed by atoms with van der Waals surface area (Å²) < 4.78 is 2.19. The van der Waals surface area contributed by atoms with Crippen LogP contribution in [0.5, 0.6) is 0 Å². The molecule has 58 valence electrons. The molecule has 0 saturated carbocycles. The molecule has 1 aliphatic heterocycles. The van der Waals surface area contributed by atoms with Gasteiger partial charge >= 0.3 is 0 Å². The van der Waals surface area contributed by atoms with Gasteiger partial charge in [-0.05, 0) is 12.8 Å². The third kappa shape index (κ3) is 1.49. The Morgan fingerprint density at radius 1 is 1.20 bits per heavy atom. The predicted octanol–water partition coefficient (Wildman–Crippen LogP) is 0.773. The van der Waals surface area contributed by atoms with E-state index >= 15 is 0 Å². The molecule has 0 aromatic heterocycles. The van der Waals surface area contributed by atoms with Crippen molar-refractivity contribution in [3.05, 3.63) is 0 Å². The van der Waals surface area contributed by atoms with Crippen LogP contribution < -0.4 is 0 Å². The summed E-state index contributed by atoms with van der Waals surface area (Å²) in [7, 11) is 4.21. The second kappa shape index (κ2) is 3.04. The molecular weight excluding hydrogens is 124 g/mol. The summed E-state index contributed by atoms with van der Waals surface area (Å²) in [4.78, 5) is 2.44. The fourth-order valence-corrected chi connectivity index (χ4v) is 1.32. The van der Waals surface area contributed by atoms with Gasteiger partial charge in [-0.2, -0.15) is 0 Å². The Hall–Kier alpha value is -0.530. The lowest BCUT2D eigenvalue weighted by Gasteiger charge is -2.10. The summed E-state index contributed by atoms with van der Waals surface area (Å²) in [6.07, 6.45) is 2.73. The Balaban J connectivity index is 2.56. The zero-order chi connectivity index (χ0) is 7.56. The van der Waals surface area contributed by atoms with Crippen molar-refractivity contribution < 1.29 is 4.58 Å². The summed E-state index contributed by atoms with van der Waals surface area (Å²) in [6, 6.07) is 0. The van der Waals surface area contributed by atoms with E-state index in [-0.39, 0.29) is 0 Å². The first-order valence-corrected chi connectivity index (χ1v) is 3.97. The monoisotopic (exact) mass is 141 g/mol. The van der Waals surface area contributed by atoms with Gasteiger partial charge in [-0.15, -0.1) is 0 Å². The van der Waals surface area contributed by atoms with Crippen molar-refractivity contribution in [1.29, 1.82) is 0 Å². The molecule has 1 heterocycles. The lowest BCUT2D eigenvalue weighted by atomic mass is 10.4. The summed E-state index contributed by atoms with van der Waals surface area (Å²) >= 11 is 0. The first-order chi connectivity index (χ1) is 4.72. The van der Waals surface area contributed by atoms with Gasteiger partial charge in [0, 0.05) is 6.92 Å². The molecule has 1 aliphatic rings. The fraction of sp³-hybridized carbons (Fsp3) is 0.875. The highest BCUT2D eigenvalue weighted by molar-refractivity contribution is 5.74. The van der Waals surface area contributed by atoms with Gasteiger partial charge in [0.2, 0.25) is 5.84 Å². The van der Waals surface area contributed by atoms with Gasteiger partial charge < -0.3 is 0 Å². The molecule has 0 bridgehead atoms. The molecule has 10 heavy (non-hydrogen) atoms. The van der Waals surface area contributed by atoms with E-state index in [2.05, 4.69) is 30.5 Å². The number of amidine groups is 1. The molecule has 0 atom stereocenters. The van der Waals surface area contributed by atoms with E-state index in [1.54, 1.807) is 0 Å². The maximum atomic E-state index is 2.44. The highest BCUT2D eigenvalue weighted by Crippen LogP contribution is 2.06. The van der Waals surface area contributed by atoms with Crippen molar-refractivity contribution in [3.63, 3.8) is 0 Å².